The zero-order valence-corrected chi connectivity index (χ0v) is 60.1. The van der Waals surface area contributed by atoms with Crippen LogP contribution in [0.2, 0.25) is 0 Å². The maximum atomic E-state index is 16.0. The Balaban J connectivity index is 4.53. The molecule has 0 bridgehead atoms. The number of aliphatic hydroxyl groups is 1. The van der Waals surface area contributed by atoms with E-state index in [0.717, 1.165) is 21.6 Å². The first-order valence-corrected chi connectivity index (χ1v) is 33.3. The van der Waals surface area contributed by atoms with Crippen LogP contribution in [-0.4, -0.2) is 245 Å². The summed E-state index contributed by atoms with van der Waals surface area (Å²) >= 11 is 1.16. The van der Waals surface area contributed by atoms with Gasteiger partial charge in [0.2, 0.25) is 59.1 Å². The van der Waals surface area contributed by atoms with Crippen LogP contribution >= 0.6 is 11.8 Å². The molecule has 0 aromatic heterocycles. The molecule has 0 spiro atoms. The number of amides is 11. The van der Waals surface area contributed by atoms with Gasteiger partial charge in [0, 0.05) is 61.6 Å². The molecule has 12 atom stereocenters. The molecule has 0 unspecified atom stereocenters. The van der Waals surface area contributed by atoms with E-state index in [1.54, 1.807) is 54.7 Å². The summed E-state index contributed by atoms with van der Waals surface area (Å²) in [5.41, 5.74) is 0. The smallest absolute Gasteiger partial charge is 0.259 e. The van der Waals surface area contributed by atoms with Crippen molar-refractivity contribution in [1.82, 2.24) is 60.9 Å². The van der Waals surface area contributed by atoms with E-state index in [1.807, 2.05) is 68.4 Å². The molecule has 0 radical (unpaired) electrons. The van der Waals surface area contributed by atoms with Gasteiger partial charge in [-0.2, -0.15) is 0 Å². The van der Waals surface area contributed by atoms with Crippen LogP contribution in [0.5, 0.6) is 0 Å². The highest BCUT2D eigenvalue weighted by molar-refractivity contribution is 8.01. The highest BCUT2D eigenvalue weighted by atomic mass is 32.2. The van der Waals surface area contributed by atoms with Gasteiger partial charge in [0.1, 0.15) is 54.4 Å². The predicted octanol–water partition coefficient (Wildman–Crippen LogP) is 3.55. The molecule has 90 heavy (non-hydrogen) atoms. The number of nitrogens with one attached hydrogen (secondary N) is 5. The molecular formula is C65H118N12O12S. The Kier molecular flexibility index (Phi) is 34.4. The number of rotatable bonds is 19. The Morgan fingerprint density at radius 2 is 1.02 bits per heavy atom. The minimum absolute atomic E-state index is 0.0102. The largest absolute Gasteiger partial charge is 0.390 e. The summed E-state index contributed by atoms with van der Waals surface area (Å²) in [7, 11) is 11.8. The monoisotopic (exact) mass is 1290 g/mol. The topological polar surface area (TPSA) is 291 Å². The molecule has 0 aromatic rings. The van der Waals surface area contributed by atoms with Crippen molar-refractivity contribution in [3.8, 4) is 0 Å². The third-order valence-electron chi connectivity index (χ3n) is 17.0. The summed E-state index contributed by atoms with van der Waals surface area (Å²) in [4.78, 5) is 170. The van der Waals surface area contributed by atoms with Crippen molar-refractivity contribution in [3.63, 3.8) is 0 Å². The van der Waals surface area contributed by atoms with Gasteiger partial charge in [-0.15, -0.1) is 11.8 Å². The molecule has 1 fully saturated rings. The van der Waals surface area contributed by atoms with Crippen molar-refractivity contribution < 1.29 is 57.8 Å². The molecule has 0 aliphatic carbocycles. The van der Waals surface area contributed by atoms with Gasteiger partial charge < -0.3 is 66.0 Å². The average molecular weight is 1290 g/mol. The molecule has 516 valence electrons. The first-order valence-electron chi connectivity index (χ1n) is 32.3. The van der Waals surface area contributed by atoms with Gasteiger partial charge in [-0.3, -0.25) is 52.7 Å². The van der Waals surface area contributed by atoms with Crippen LogP contribution in [0, 0.1) is 41.4 Å². The van der Waals surface area contributed by atoms with Crippen molar-refractivity contribution in [1.29, 1.82) is 0 Å². The standard InChI is InChI=1S/C65H118N12O12S/c1-26-28-29-43(15)54(79)53-58(83)69-46(27-2)60(85)71(19)36-51(78)72(20)47(32-37(3)4)57(82)70-52(41(11)12)63(88)73(21)48(33-38(5)6)56(81)67-44(16)55(80)68-45(17)59(84)74(22)49(34-39(7)8)61(86)75(23)50(35-40(9)10)62(87)77(25)65(42(13)14,64(89)76(53)24)90-31-30-66-18/h26,28,37-50,52-54,66,79H,27,29-36H2,1-25H3,(H,67,81)(H,68,80)(H,69,83)(H,70,82)/b28-26+/t43-,44+,45-,46+,47+,48+,49+,50+,52+,53+,54-,65+/m1/s1. The molecule has 11 amide bonds. The fourth-order valence-corrected chi connectivity index (χ4v) is 12.7. The Bertz CT molecular complexity index is 2460. The van der Waals surface area contributed by atoms with E-state index in [-0.39, 0.29) is 61.5 Å². The van der Waals surface area contributed by atoms with E-state index in [0.29, 0.717) is 13.0 Å². The van der Waals surface area contributed by atoms with Crippen LogP contribution in [-0.2, 0) is 52.7 Å². The van der Waals surface area contributed by atoms with Crippen molar-refractivity contribution in [2.45, 2.75) is 222 Å². The van der Waals surface area contributed by atoms with Crippen LogP contribution in [0.15, 0.2) is 12.2 Å². The summed E-state index contributed by atoms with van der Waals surface area (Å²) in [5.74, 6) is -9.69. The lowest BCUT2D eigenvalue weighted by molar-refractivity contribution is -0.159. The quantitative estimate of drug-likeness (QED) is 0.0797. The van der Waals surface area contributed by atoms with Gasteiger partial charge in [0.05, 0.1) is 12.6 Å². The van der Waals surface area contributed by atoms with Gasteiger partial charge in [-0.1, -0.05) is 109 Å². The maximum Gasteiger partial charge on any atom is 0.259 e. The van der Waals surface area contributed by atoms with Crippen molar-refractivity contribution in [3.05, 3.63) is 12.2 Å². The van der Waals surface area contributed by atoms with Gasteiger partial charge in [0.15, 0.2) is 4.87 Å². The van der Waals surface area contributed by atoms with Crippen molar-refractivity contribution in [2.75, 3.05) is 75.2 Å². The Hall–Kier alpha value is -5.82. The van der Waals surface area contributed by atoms with Crippen LogP contribution in [0.1, 0.15) is 156 Å². The van der Waals surface area contributed by atoms with Crippen LogP contribution in [0.25, 0.3) is 0 Å². The minimum Gasteiger partial charge on any atom is -0.390 e. The molecule has 0 saturated carbocycles. The molecule has 1 rings (SSSR count). The second-order valence-electron chi connectivity index (χ2n) is 27.1. The minimum atomic E-state index is -1.81. The zero-order chi connectivity index (χ0) is 69.7. The summed E-state index contributed by atoms with van der Waals surface area (Å²) in [6.07, 6.45) is 2.95. The maximum absolute atomic E-state index is 16.0. The second-order valence-corrected chi connectivity index (χ2v) is 28.4. The summed E-state index contributed by atoms with van der Waals surface area (Å²) in [6.45, 7) is 29.9. The summed E-state index contributed by atoms with van der Waals surface area (Å²) in [6, 6.07) is -11.3. The summed E-state index contributed by atoms with van der Waals surface area (Å²) in [5, 5.41) is 26.5. The average Bonchev–Trinajstić information content (AvgIpc) is 0.960. The molecule has 1 aliphatic heterocycles. The lowest BCUT2D eigenvalue weighted by Crippen LogP contribution is -2.68. The van der Waals surface area contributed by atoms with Gasteiger partial charge in [0.25, 0.3) is 5.91 Å². The van der Waals surface area contributed by atoms with E-state index in [2.05, 4.69) is 26.6 Å². The molecule has 0 aromatic carbocycles. The number of hydrogen-bond acceptors (Lipinski definition) is 14. The molecule has 25 heteroatoms. The zero-order valence-electron chi connectivity index (χ0n) is 59.3. The van der Waals surface area contributed by atoms with Gasteiger partial charge >= 0.3 is 0 Å². The number of allylic oxidation sites excluding steroid dienone is 2. The van der Waals surface area contributed by atoms with Crippen LogP contribution < -0.4 is 26.6 Å². The Morgan fingerprint density at radius 1 is 0.567 bits per heavy atom. The van der Waals surface area contributed by atoms with E-state index in [4.69, 9.17) is 0 Å². The number of thioether (sulfide) groups is 1. The number of carbonyl (C=O) groups is 11. The number of hydrogen-bond donors (Lipinski definition) is 6. The predicted molar refractivity (Wildman–Crippen MR) is 354 cm³/mol. The lowest BCUT2D eigenvalue weighted by atomic mass is 9.91. The fourth-order valence-electron chi connectivity index (χ4n) is 11.2. The van der Waals surface area contributed by atoms with Crippen LogP contribution in [0.3, 0.4) is 0 Å². The third-order valence-corrected chi connectivity index (χ3v) is 18.8. The van der Waals surface area contributed by atoms with Crippen molar-refractivity contribution >= 4 is 76.7 Å². The number of carbonyl (C=O) groups excluding carboxylic acids is 11. The molecule has 1 heterocycles. The normalized spacial score (nSPS) is 26.9. The highest BCUT2D eigenvalue weighted by Gasteiger charge is 2.54. The van der Waals surface area contributed by atoms with E-state index < -0.39 is 155 Å². The van der Waals surface area contributed by atoms with Crippen LogP contribution in [0.4, 0.5) is 0 Å². The molecule has 24 nitrogen and oxygen atoms in total. The van der Waals surface area contributed by atoms with Gasteiger partial charge in [-0.25, -0.2) is 0 Å². The van der Waals surface area contributed by atoms with Crippen molar-refractivity contribution in [2.24, 2.45) is 41.4 Å². The molecule has 6 N–H and O–H groups in total. The second kappa shape index (κ2) is 37.6. The molecular weight excluding hydrogens is 1170 g/mol. The third kappa shape index (κ3) is 22.2. The first-order chi connectivity index (χ1) is 41.6. The number of likely N-dealkylation sites (N-methyl/N-ethyl adjacent to an activating group) is 7. The first kappa shape index (κ1) is 82.2. The molecule has 1 aliphatic rings. The summed E-state index contributed by atoms with van der Waals surface area (Å²) < 4.78 is 0. The highest BCUT2D eigenvalue weighted by Crippen LogP contribution is 2.40. The fraction of sp³-hybridized carbons (Fsp3) is 0.800. The Labute approximate surface area is 543 Å². The molecule has 1 saturated heterocycles. The van der Waals surface area contributed by atoms with Gasteiger partial charge in [-0.05, 0) is 108 Å². The SMILES string of the molecule is C/C=C/C[C@@H](C)[C@@H](O)[C@H]1C(=O)N[C@@H](CC)C(=O)N(C)CC(=O)N(C)[C@@H](CC(C)C)C(=O)N[C@@H](C(C)C)C(=O)N(C)[C@@H](CC(C)C)C(=O)N[C@@H](C)C(=O)N[C@H](C)C(=O)N(C)[C@@H](CC(C)C)C(=O)N(C)[C@@H](CC(C)C)C(=O)N(C)[C@](SCCNC)(C(C)C)C(=O)N1C. The Morgan fingerprint density at radius 3 is 1.49 bits per heavy atom. The number of nitrogens with zero attached hydrogens (tertiary/aromatic N) is 7. The van der Waals surface area contributed by atoms with E-state index in [9.17, 15) is 38.7 Å². The lowest BCUT2D eigenvalue weighted by Gasteiger charge is -2.48. The number of aliphatic hydroxyl groups excluding tert-OH is 1. The van der Waals surface area contributed by atoms with E-state index >= 15 is 19.2 Å². The van der Waals surface area contributed by atoms with E-state index in [1.165, 1.54) is 87.7 Å².